The average molecular weight is 289 g/mol. The summed E-state index contributed by atoms with van der Waals surface area (Å²) in [7, 11) is -4.42. The fourth-order valence-corrected chi connectivity index (χ4v) is 1.76. The molecule has 1 aromatic carbocycles. The summed E-state index contributed by atoms with van der Waals surface area (Å²) < 4.78 is 77.8. The van der Waals surface area contributed by atoms with E-state index in [0.29, 0.717) is 6.07 Å². The molecule has 0 radical (unpaired) electrons. The van der Waals surface area contributed by atoms with Crippen LogP contribution >= 0.6 is 0 Å². The van der Waals surface area contributed by atoms with Crippen molar-refractivity contribution in [3.05, 3.63) is 18.2 Å². The Labute approximate surface area is 99.2 Å². The summed E-state index contributed by atoms with van der Waals surface area (Å²) >= 11 is 0. The largest absolute Gasteiger partial charge is 0.435 e. The van der Waals surface area contributed by atoms with Gasteiger partial charge in [0.15, 0.2) is 0 Å². The summed E-state index contributed by atoms with van der Waals surface area (Å²) in [6, 6.07) is 2.15. The second kappa shape index (κ2) is 5.40. The van der Waals surface area contributed by atoms with Crippen molar-refractivity contribution in [2.24, 2.45) is 5.14 Å². The van der Waals surface area contributed by atoms with Crippen LogP contribution in [0.2, 0.25) is 0 Å². The molecule has 0 spiro atoms. The molecular weight excluding hydrogens is 282 g/mol. The summed E-state index contributed by atoms with van der Waals surface area (Å²) in [6.07, 6.45) is 0. The number of nitrogens with two attached hydrogens (primary N) is 1. The maximum Gasteiger partial charge on any atom is 0.387 e. The maximum atomic E-state index is 12.0. The zero-order chi connectivity index (χ0) is 13.9. The lowest BCUT2D eigenvalue weighted by Crippen LogP contribution is -2.15. The monoisotopic (exact) mass is 289 g/mol. The van der Waals surface area contributed by atoms with E-state index in [0.717, 1.165) is 12.1 Å². The Hall–Kier alpha value is -1.55. The van der Waals surface area contributed by atoms with Gasteiger partial charge in [0, 0.05) is 6.07 Å². The predicted molar refractivity (Wildman–Crippen MR) is 51.1 cm³/mol. The van der Waals surface area contributed by atoms with Crippen LogP contribution in [0.25, 0.3) is 0 Å². The van der Waals surface area contributed by atoms with Crippen LogP contribution < -0.4 is 14.6 Å². The van der Waals surface area contributed by atoms with Gasteiger partial charge in [-0.2, -0.15) is 17.6 Å². The number of ether oxygens (including phenoxy) is 2. The summed E-state index contributed by atoms with van der Waals surface area (Å²) in [5.74, 6) is -1.30. The van der Waals surface area contributed by atoms with E-state index in [2.05, 4.69) is 9.47 Å². The molecule has 18 heavy (non-hydrogen) atoms. The van der Waals surface area contributed by atoms with Gasteiger partial charge in [-0.15, -0.1) is 0 Å². The van der Waals surface area contributed by atoms with Crippen molar-refractivity contribution in [3.63, 3.8) is 0 Å². The normalized spacial score (nSPS) is 11.9. The lowest BCUT2D eigenvalue weighted by molar-refractivity contribution is -0.0546. The molecule has 0 saturated heterocycles. The number of rotatable bonds is 5. The van der Waals surface area contributed by atoms with Gasteiger partial charge in [-0.1, -0.05) is 0 Å². The fraction of sp³-hybridized carbons (Fsp3) is 0.250. The Morgan fingerprint density at radius 3 is 2.06 bits per heavy atom. The standard InChI is InChI=1S/C8H7F4NO4S/c9-7(10)16-4-1-2-5(17-8(11)12)6(3-4)18(13,14)15/h1-3,7-8H,(H2,13,14,15). The molecular formula is C8H7F4NO4S. The number of benzene rings is 1. The van der Waals surface area contributed by atoms with Crippen molar-refractivity contribution < 1.29 is 35.5 Å². The fourth-order valence-electron chi connectivity index (χ4n) is 1.08. The van der Waals surface area contributed by atoms with Crippen molar-refractivity contribution >= 4 is 10.0 Å². The van der Waals surface area contributed by atoms with Crippen molar-refractivity contribution in [3.8, 4) is 11.5 Å². The summed E-state index contributed by atoms with van der Waals surface area (Å²) in [5, 5.41) is 4.74. The van der Waals surface area contributed by atoms with Crippen LogP contribution in [0.4, 0.5) is 17.6 Å². The molecule has 0 unspecified atom stereocenters. The van der Waals surface area contributed by atoms with Gasteiger partial charge in [-0.25, -0.2) is 13.6 Å². The maximum absolute atomic E-state index is 12.0. The molecule has 102 valence electrons. The van der Waals surface area contributed by atoms with Crippen molar-refractivity contribution in [2.75, 3.05) is 0 Å². The molecule has 1 rings (SSSR count). The summed E-state index contributed by atoms with van der Waals surface area (Å²) in [6.45, 7) is -6.48. The highest BCUT2D eigenvalue weighted by Gasteiger charge is 2.20. The van der Waals surface area contributed by atoms with E-state index < -0.39 is 39.6 Å². The highest BCUT2D eigenvalue weighted by Crippen LogP contribution is 2.29. The predicted octanol–water partition coefficient (Wildman–Crippen LogP) is 1.54. The lowest BCUT2D eigenvalue weighted by Gasteiger charge is -2.11. The van der Waals surface area contributed by atoms with E-state index in [1.807, 2.05) is 0 Å². The highest BCUT2D eigenvalue weighted by molar-refractivity contribution is 7.89. The smallest absolute Gasteiger partial charge is 0.387 e. The number of halogens is 4. The molecule has 0 aliphatic carbocycles. The van der Waals surface area contributed by atoms with Crippen LogP contribution in [0.3, 0.4) is 0 Å². The van der Waals surface area contributed by atoms with Crippen molar-refractivity contribution in [1.82, 2.24) is 0 Å². The molecule has 0 aliphatic rings. The van der Waals surface area contributed by atoms with Crippen LogP contribution in [0.15, 0.2) is 23.1 Å². The molecule has 0 atom stereocenters. The van der Waals surface area contributed by atoms with E-state index in [9.17, 15) is 26.0 Å². The second-order valence-corrected chi connectivity index (χ2v) is 4.44. The van der Waals surface area contributed by atoms with Crippen LogP contribution in [-0.2, 0) is 10.0 Å². The van der Waals surface area contributed by atoms with Gasteiger partial charge in [0.25, 0.3) is 0 Å². The zero-order valence-corrected chi connectivity index (χ0v) is 9.33. The number of sulfonamides is 1. The first-order chi connectivity index (χ1) is 8.20. The van der Waals surface area contributed by atoms with Gasteiger partial charge in [0.2, 0.25) is 10.0 Å². The SMILES string of the molecule is NS(=O)(=O)c1cc(OC(F)F)ccc1OC(F)F. The Kier molecular flexibility index (Phi) is 4.35. The molecule has 0 aliphatic heterocycles. The van der Waals surface area contributed by atoms with Crippen LogP contribution in [-0.4, -0.2) is 21.6 Å². The minimum absolute atomic E-state index is 0.546. The molecule has 10 heteroatoms. The Morgan fingerprint density at radius 1 is 1.06 bits per heavy atom. The zero-order valence-electron chi connectivity index (χ0n) is 8.52. The first-order valence-corrected chi connectivity index (χ1v) is 5.81. The topological polar surface area (TPSA) is 78.6 Å². The summed E-state index contributed by atoms with van der Waals surface area (Å²) in [4.78, 5) is -0.874. The highest BCUT2D eigenvalue weighted by atomic mass is 32.2. The third-order valence-electron chi connectivity index (χ3n) is 1.66. The number of hydrogen-bond acceptors (Lipinski definition) is 4. The first kappa shape index (κ1) is 14.5. The Balaban J connectivity index is 3.21. The summed E-state index contributed by atoms with van der Waals surface area (Å²) in [5.41, 5.74) is 0. The van der Waals surface area contributed by atoms with Crippen molar-refractivity contribution in [2.45, 2.75) is 18.1 Å². The minimum Gasteiger partial charge on any atom is -0.435 e. The van der Waals surface area contributed by atoms with Gasteiger partial charge < -0.3 is 9.47 Å². The molecule has 0 amide bonds. The van der Waals surface area contributed by atoms with E-state index >= 15 is 0 Å². The van der Waals surface area contributed by atoms with Gasteiger partial charge in [-0.3, -0.25) is 0 Å². The van der Waals surface area contributed by atoms with E-state index in [1.165, 1.54) is 0 Å². The molecule has 1 aromatic rings. The molecule has 5 nitrogen and oxygen atoms in total. The van der Waals surface area contributed by atoms with E-state index in [1.54, 1.807) is 0 Å². The van der Waals surface area contributed by atoms with Crippen LogP contribution in [0, 0.1) is 0 Å². The van der Waals surface area contributed by atoms with Gasteiger partial charge in [0.1, 0.15) is 16.4 Å². The first-order valence-electron chi connectivity index (χ1n) is 4.26. The Morgan fingerprint density at radius 2 is 1.61 bits per heavy atom. The van der Waals surface area contributed by atoms with Crippen LogP contribution in [0.5, 0.6) is 11.5 Å². The number of hydrogen-bond donors (Lipinski definition) is 1. The lowest BCUT2D eigenvalue weighted by atomic mass is 10.3. The third-order valence-corrected chi connectivity index (χ3v) is 2.60. The average Bonchev–Trinajstić information content (AvgIpc) is 2.17. The number of primary sulfonamides is 1. The molecule has 2 N–H and O–H groups in total. The molecule has 0 bridgehead atoms. The number of alkyl halides is 4. The molecule has 0 fully saturated rings. The minimum atomic E-state index is -4.42. The van der Waals surface area contributed by atoms with Gasteiger partial charge in [-0.05, 0) is 12.1 Å². The third kappa shape index (κ3) is 4.04. The second-order valence-electron chi connectivity index (χ2n) is 2.91. The van der Waals surface area contributed by atoms with Crippen LogP contribution in [0.1, 0.15) is 0 Å². The molecule has 0 heterocycles. The van der Waals surface area contributed by atoms with E-state index in [4.69, 9.17) is 5.14 Å². The quantitative estimate of drug-likeness (QED) is 0.834. The Bertz CT molecular complexity index is 520. The molecule has 0 saturated carbocycles. The van der Waals surface area contributed by atoms with Gasteiger partial charge >= 0.3 is 13.2 Å². The van der Waals surface area contributed by atoms with Gasteiger partial charge in [0.05, 0.1) is 0 Å². The van der Waals surface area contributed by atoms with Crippen molar-refractivity contribution in [1.29, 1.82) is 0 Å². The molecule has 0 aromatic heterocycles. The van der Waals surface area contributed by atoms with E-state index in [-0.39, 0.29) is 0 Å².